The fourth-order valence-electron chi connectivity index (χ4n) is 4.89. The fraction of sp³-hybridized carbons (Fsp3) is 0.0714. The molecule has 0 aliphatic heterocycles. The van der Waals surface area contributed by atoms with Crippen molar-refractivity contribution >= 4 is 113 Å². The number of nitrogen functional groups attached to an aromatic ring is 1. The molecule has 0 bridgehead atoms. The first kappa shape index (κ1) is 52.5. The molecule has 0 spiro atoms. The SMILES string of the molecule is Nc1c(/N=N/c2ccc(S(=O)(=O)CCOS(=O)(=O)O)cc2)c(S(=O)(=O)[O-])cc2cc(S(=O)(=O)[O-])c(/N=N/c3cc(Nc4nc(F)nc(F)c4Cl)ccc3S(=O)(=O)[O-])c(O)c12.[H+].[Li+].[Na+]. The Hall–Kier alpha value is -3.88. The molecule has 0 saturated heterocycles. The van der Waals surface area contributed by atoms with E-state index in [0.29, 0.717) is 24.3 Å². The summed E-state index contributed by atoms with van der Waals surface area (Å²) in [5, 5.41) is 25.6. The van der Waals surface area contributed by atoms with Crippen molar-refractivity contribution in [2.24, 2.45) is 20.5 Å². The summed E-state index contributed by atoms with van der Waals surface area (Å²) < 4.78 is 197. The first-order valence-electron chi connectivity index (χ1n) is 15.1. The standard InChI is InChI=1S/C28H21ClF2N8O16S5.Li.Na/c29-21-26(30)34-28(31)35-27(21)33-14-3-6-17(57(43,44)45)16(11-14)37-39-24-19(59(49,50)51)10-12-9-18(58(46,47)48)23(22(32)20(12)25(24)40)38-36-13-1-4-15(5-2-13)56(41,42)8-7-55-60(52,53)54;;/h1-6,9-11,40H,7-8,32H2,(H,33,34,35)(H,43,44,45)(H,46,47,48)(H,49,50,51)(H,52,53,54);;/q;2*+1/p-2/b38-36+,39-37+;;. The van der Waals surface area contributed by atoms with Crippen molar-refractivity contribution in [2.75, 3.05) is 23.4 Å². The Balaban J connectivity index is 0.00000455. The number of rotatable bonds is 14. The molecule has 0 aliphatic rings. The van der Waals surface area contributed by atoms with Gasteiger partial charge in [0.2, 0.25) is 5.95 Å². The molecule has 0 saturated carbocycles. The summed E-state index contributed by atoms with van der Waals surface area (Å²) in [6, 6.07) is 6.94. The molecule has 1 heterocycles. The number of fused-ring (bicyclic) bond motifs is 1. The number of nitrogens with one attached hydrogen (secondary N) is 1. The van der Waals surface area contributed by atoms with Gasteiger partial charge >= 0.3 is 66.3 Å². The number of halogens is 3. The molecule has 0 amide bonds. The Labute approximate surface area is 388 Å². The van der Waals surface area contributed by atoms with E-state index in [4.69, 9.17) is 21.9 Å². The molecule has 0 unspecified atom stereocenters. The van der Waals surface area contributed by atoms with Crippen LogP contribution < -0.4 is 59.5 Å². The number of hydrogen-bond donors (Lipinski definition) is 4. The second-order valence-electron chi connectivity index (χ2n) is 11.4. The topological polar surface area (TPSA) is 403 Å². The molecule has 5 rings (SSSR count). The van der Waals surface area contributed by atoms with E-state index in [1.165, 1.54) is 0 Å². The first-order valence-corrected chi connectivity index (χ1v) is 22.8. The Bertz CT molecular complexity index is 3260. The Morgan fingerprint density at radius 3 is 1.89 bits per heavy atom. The molecule has 0 atom stereocenters. The minimum atomic E-state index is -5.75. The average molecular weight is 987 g/mol. The van der Waals surface area contributed by atoms with E-state index >= 15 is 0 Å². The van der Waals surface area contributed by atoms with Crippen LogP contribution >= 0.6 is 11.6 Å². The number of nitrogens with two attached hydrogens (primary N) is 1. The number of benzene rings is 4. The first-order chi connectivity index (χ1) is 27.6. The summed E-state index contributed by atoms with van der Waals surface area (Å²) >= 11 is 5.73. The number of nitrogens with zero attached hydrogens (tertiary/aromatic N) is 6. The molecule has 0 radical (unpaired) electrons. The van der Waals surface area contributed by atoms with Crippen LogP contribution in [0.4, 0.5) is 48.7 Å². The molecule has 4 aromatic carbocycles. The van der Waals surface area contributed by atoms with Crippen LogP contribution in [0.5, 0.6) is 5.75 Å². The number of aromatic hydroxyl groups is 1. The van der Waals surface area contributed by atoms with Crippen molar-refractivity contribution < 1.29 is 128 Å². The number of anilines is 3. The maximum absolute atomic E-state index is 13.9. The van der Waals surface area contributed by atoms with Crippen LogP contribution in [0.15, 0.2) is 94.6 Å². The van der Waals surface area contributed by atoms with Gasteiger partial charge in [-0.3, -0.25) is 4.55 Å². The third kappa shape index (κ3) is 12.4. The number of azo groups is 2. The van der Waals surface area contributed by atoms with Crippen LogP contribution in [0.1, 0.15) is 1.43 Å². The van der Waals surface area contributed by atoms with E-state index in [1.54, 1.807) is 0 Å². The van der Waals surface area contributed by atoms with Crippen molar-refractivity contribution in [2.45, 2.75) is 19.6 Å². The van der Waals surface area contributed by atoms with Gasteiger partial charge in [0.15, 0.2) is 21.4 Å². The van der Waals surface area contributed by atoms with E-state index in [0.717, 1.165) is 30.3 Å². The number of hydrogen-bond acceptors (Lipinski definition) is 23. The normalized spacial score (nSPS) is 12.7. The summed E-state index contributed by atoms with van der Waals surface area (Å²) in [6.45, 7) is -0.949. The van der Waals surface area contributed by atoms with Gasteiger partial charge in [0, 0.05) is 5.69 Å². The summed E-state index contributed by atoms with van der Waals surface area (Å²) in [4.78, 5) is 1.69. The summed E-state index contributed by atoms with van der Waals surface area (Å²) in [5.74, 6) is -4.50. The van der Waals surface area contributed by atoms with Gasteiger partial charge in [-0.2, -0.15) is 32.3 Å². The van der Waals surface area contributed by atoms with Crippen LogP contribution in [0.2, 0.25) is 5.02 Å². The van der Waals surface area contributed by atoms with Crippen molar-refractivity contribution in [3.05, 3.63) is 71.6 Å². The largest absolute Gasteiger partial charge is 1.00 e. The number of aromatic nitrogens is 2. The van der Waals surface area contributed by atoms with E-state index < -0.39 is 145 Å². The second kappa shape index (κ2) is 19.5. The monoisotopic (exact) mass is 986 g/mol. The quantitative estimate of drug-likeness (QED) is 0.0230. The molecule has 1 aromatic heterocycles. The predicted molar refractivity (Wildman–Crippen MR) is 196 cm³/mol. The van der Waals surface area contributed by atoms with Crippen LogP contribution in [-0.4, -0.2) is 87.7 Å². The van der Waals surface area contributed by atoms with Crippen LogP contribution in [-0.2, 0) is 54.8 Å². The van der Waals surface area contributed by atoms with E-state index in [1.807, 2.05) is 0 Å². The maximum atomic E-state index is 13.9. The Morgan fingerprint density at radius 2 is 1.34 bits per heavy atom. The molecule has 0 fully saturated rings. The zero-order valence-electron chi connectivity index (χ0n) is 31.7. The summed E-state index contributed by atoms with van der Waals surface area (Å²) in [5.41, 5.74) is 1.38. The maximum Gasteiger partial charge on any atom is 1.00 e. The average Bonchev–Trinajstić information content (AvgIpc) is 3.10. The molecule has 5 aromatic rings. The van der Waals surface area contributed by atoms with Gasteiger partial charge in [-0.25, -0.2) is 37.9 Å². The zero-order chi connectivity index (χ0) is 44.7. The number of sulfone groups is 1. The number of phenolic OH excluding ortho intramolecular Hbond substituents is 1. The predicted octanol–water partition coefficient (Wildman–Crippen LogP) is -2.15. The van der Waals surface area contributed by atoms with Gasteiger partial charge in [-0.15, -0.1) is 15.3 Å². The van der Waals surface area contributed by atoms with E-state index in [9.17, 15) is 69.6 Å². The van der Waals surface area contributed by atoms with Crippen molar-refractivity contribution in [3.63, 3.8) is 0 Å². The molecule has 0 aliphatic carbocycles. The third-order valence-electron chi connectivity index (χ3n) is 7.43. The van der Waals surface area contributed by atoms with Gasteiger partial charge in [-0.05, 0) is 60.0 Å². The molecular formula is C28H19ClF2LiN8NaO16S5. The van der Waals surface area contributed by atoms with Gasteiger partial charge < -0.3 is 29.8 Å². The Morgan fingerprint density at radius 1 is 0.790 bits per heavy atom. The summed E-state index contributed by atoms with van der Waals surface area (Å²) in [7, 11) is -25.9. The van der Waals surface area contributed by atoms with Crippen LogP contribution in [0, 0.1) is 12.0 Å². The molecule has 62 heavy (non-hydrogen) atoms. The summed E-state index contributed by atoms with van der Waals surface area (Å²) in [6.07, 6.45) is -1.59. The minimum Gasteiger partial charge on any atom is -0.744 e. The molecule has 34 heteroatoms. The number of phenols is 1. The second-order valence-corrected chi connectivity index (χ2v) is 19.0. The van der Waals surface area contributed by atoms with Crippen molar-refractivity contribution in [3.8, 4) is 5.75 Å². The van der Waals surface area contributed by atoms with Gasteiger partial charge in [-0.1, -0.05) is 11.6 Å². The van der Waals surface area contributed by atoms with Gasteiger partial charge in [0.1, 0.15) is 52.4 Å². The van der Waals surface area contributed by atoms with Crippen LogP contribution in [0.3, 0.4) is 0 Å². The molecule has 320 valence electrons. The smallest absolute Gasteiger partial charge is 0.744 e. The molecule has 24 nitrogen and oxygen atoms in total. The van der Waals surface area contributed by atoms with Gasteiger partial charge in [0.25, 0.3) is 0 Å². The third-order valence-corrected chi connectivity index (χ3v) is 12.5. The van der Waals surface area contributed by atoms with Crippen molar-refractivity contribution in [1.29, 1.82) is 0 Å². The molecule has 5 N–H and O–H groups in total. The van der Waals surface area contributed by atoms with Crippen LogP contribution in [0.25, 0.3) is 10.8 Å². The van der Waals surface area contributed by atoms with Crippen molar-refractivity contribution in [1.82, 2.24) is 9.97 Å². The van der Waals surface area contributed by atoms with Gasteiger partial charge in [0.05, 0.1) is 48.7 Å². The fourth-order valence-corrected chi connectivity index (χ4v) is 8.40. The van der Waals surface area contributed by atoms with E-state index in [2.05, 4.69) is 39.9 Å². The molecular weight excluding hydrogens is 968 g/mol. The Kier molecular flexibility index (Phi) is 16.5. The zero-order valence-corrected chi connectivity index (χ0v) is 37.5. The van der Waals surface area contributed by atoms with E-state index in [-0.39, 0.29) is 61.2 Å². The minimum absolute atomic E-state index is 0.